The lowest BCUT2D eigenvalue weighted by molar-refractivity contribution is 0.575. The second-order valence-corrected chi connectivity index (χ2v) is 7.46. The Morgan fingerprint density at radius 1 is 1.03 bits per heavy atom. The number of aliphatic imine (C=N–C) groups is 1. The molecule has 0 saturated carbocycles. The standard InChI is InChI=1S/C24H32N6O/c1-3-25-24(26-14-6-7-17-30-20(2)10-8-13-23(30)31)27-18-21-11-4-5-12-22(21)19-29-16-9-15-28-29/h4-5,8-13,15-16H,3,6-7,14,17-19H2,1-2H3,(H2,25,26,27). The normalized spacial score (nSPS) is 11.5. The lowest BCUT2D eigenvalue weighted by Crippen LogP contribution is -2.37. The maximum Gasteiger partial charge on any atom is 0.250 e. The SMILES string of the molecule is CCNC(=NCc1ccccc1Cn1cccn1)NCCCCn1c(C)cccc1=O. The molecule has 0 fully saturated rings. The zero-order valence-corrected chi connectivity index (χ0v) is 18.4. The molecule has 0 spiro atoms. The molecule has 0 bridgehead atoms. The fourth-order valence-electron chi connectivity index (χ4n) is 3.45. The van der Waals surface area contributed by atoms with Crippen LogP contribution in [0.4, 0.5) is 0 Å². The molecule has 3 rings (SSSR count). The van der Waals surface area contributed by atoms with Gasteiger partial charge in [-0.2, -0.15) is 5.10 Å². The smallest absolute Gasteiger partial charge is 0.250 e. The molecule has 1 aromatic carbocycles. The van der Waals surface area contributed by atoms with Crippen LogP contribution in [0, 0.1) is 6.92 Å². The molecule has 0 aliphatic carbocycles. The minimum atomic E-state index is 0.0663. The lowest BCUT2D eigenvalue weighted by Gasteiger charge is -2.13. The van der Waals surface area contributed by atoms with Crippen LogP contribution >= 0.6 is 0 Å². The molecule has 0 aliphatic heterocycles. The Morgan fingerprint density at radius 2 is 1.87 bits per heavy atom. The highest BCUT2D eigenvalue weighted by Crippen LogP contribution is 2.11. The highest BCUT2D eigenvalue weighted by Gasteiger charge is 2.04. The van der Waals surface area contributed by atoms with E-state index in [-0.39, 0.29) is 5.56 Å². The first-order valence-corrected chi connectivity index (χ1v) is 10.9. The Balaban J connectivity index is 1.52. The van der Waals surface area contributed by atoms with Crippen molar-refractivity contribution in [3.8, 4) is 0 Å². The van der Waals surface area contributed by atoms with E-state index in [1.807, 2.05) is 46.6 Å². The first kappa shape index (κ1) is 22.3. The molecule has 0 aliphatic rings. The molecule has 3 aromatic rings. The van der Waals surface area contributed by atoms with Gasteiger partial charge in [0, 0.05) is 43.8 Å². The number of aromatic nitrogens is 3. The number of hydrogen-bond acceptors (Lipinski definition) is 3. The highest BCUT2D eigenvalue weighted by atomic mass is 16.1. The maximum absolute atomic E-state index is 12.0. The van der Waals surface area contributed by atoms with Crippen LogP contribution in [0.15, 0.2) is 70.7 Å². The molecular formula is C24H32N6O. The first-order valence-electron chi connectivity index (χ1n) is 10.9. The van der Waals surface area contributed by atoms with Crippen molar-refractivity contribution < 1.29 is 0 Å². The van der Waals surface area contributed by atoms with Crippen LogP contribution in [0.2, 0.25) is 0 Å². The van der Waals surface area contributed by atoms with Crippen LogP contribution in [-0.4, -0.2) is 33.4 Å². The Hall–Kier alpha value is -3.35. The molecule has 2 heterocycles. The predicted octanol–water partition coefficient (Wildman–Crippen LogP) is 2.94. The highest BCUT2D eigenvalue weighted by molar-refractivity contribution is 5.79. The minimum Gasteiger partial charge on any atom is -0.357 e. The van der Waals surface area contributed by atoms with Gasteiger partial charge in [-0.05, 0) is 49.9 Å². The van der Waals surface area contributed by atoms with Gasteiger partial charge in [-0.1, -0.05) is 30.3 Å². The van der Waals surface area contributed by atoms with Gasteiger partial charge in [-0.3, -0.25) is 9.48 Å². The molecule has 0 unspecified atom stereocenters. The van der Waals surface area contributed by atoms with Gasteiger partial charge < -0.3 is 15.2 Å². The summed E-state index contributed by atoms with van der Waals surface area (Å²) in [5, 5.41) is 11.0. The van der Waals surface area contributed by atoms with E-state index >= 15 is 0 Å². The summed E-state index contributed by atoms with van der Waals surface area (Å²) in [5.41, 5.74) is 3.48. The van der Waals surface area contributed by atoms with Crippen LogP contribution < -0.4 is 16.2 Å². The van der Waals surface area contributed by atoms with Crippen LogP contribution in [0.5, 0.6) is 0 Å². The van der Waals surface area contributed by atoms with E-state index in [1.54, 1.807) is 12.3 Å². The number of unbranched alkanes of at least 4 members (excludes halogenated alkanes) is 1. The topological polar surface area (TPSA) is 76.2 Å². The molecular weight excluding hydrogens is 388 g/mol. The van der Waals surface area contributed by atoms with Crippen molar-refractivity contribution in [3.63, 3.8) is 0 Å². The summed E-state index contributed by atoms with van der Waals surface area (Å²) in [6, 6.07) is 15.7. The van der Waals surface area contributed by atoms with Crippen molar-refractivity contribution in [2.45, 2.75) is 46.3 Å². The van der Waals surface area contributed by atoms with E-state index in [0.717, 1.165) is 50.7 Å². The Morgan fingerprint density at radius 3 is 2.61 bits per heavy atom. The molecule has 2 N–H and O–H groups in total. The molecule has 0 amide bonds. The Labute approximate surface area is 183 Å². The minimum absolute atomic E-state index is 0.0663. The van der Waals surface area contributed by atoms with Crippen LogP contribution in [-0.2, 0) is 19.6 Å². The number of nitrogens with one attached hydrogen (secondary N) is 2. The third kappa shape index (κ3) is 6.84. The molecule has 7 heteroatoms. The molecule has 164 valence electrons. The zero-order chi connectivity index (χ0) is 21.9. The van der Waals surface area contributed by atoms with E-state index in [9.17, 15) is 4.79 Å². The van der Waals surface area contributed by atoms with Gasteiger partial charge in [-0.15, -0.1) is 0 Å². The van der Waals surface area contributed by atoms with Crippen molar-refractivity contribution in [2.75, 3.05) is 13.1 Å². The van der Waals surface area contributed by atoms with Crippen molar-refractivity contribution in [2.24, 2.45) is 4.99 Å². The average Bonchev–Trinajstić information content (AvgIpc) is 3.27. The molecule has 7 nitrogen and oxygen atoms in total. The van der Waals surface area contributed by atoms with E-state index in [2.05, 4.69) is 40.9 Å². The summed E-state index contributed by atoms with van der Waals surface area (Å²) in [5.74, 6) is 0.810. The number of guanidine groups is 1. The predicted molar refractivity (Wildman–Crippen MR) is 125 cm³/mol. The number of benzene rings is 1. The number of pyridine rings is 1. The Bertz CT molecular complexity index is 1020. The van der Waals surface area contributed by atoms with E-state index in [1.165, 1.54) is 11.1 Å². The van der Waals surface area contributed by atoms with Crippen molar-refractivity contribution in [3.05, 3.63) is 88.1 Å². The second kappa shape index (κ2) is 11.7. The van der Waals surface area contributed by atoms with Crippen LogP contribution in [0.25, 0.3) is 0 Å². The van der Waals surface area contributed by atoms with Crippen molar-refractivity contribution in [1.29, 1.82) is 0 Å². The quantitative estimate of drug-likeness (QED) is 0.300. The van der Waals surface area contributed by atoms with Gasteiger partial charge in [-0.25, -0.2) is 4.99 Å². The maximum atomic E-state index is 12.0. The van der Waals surface area contributed by atoms with Gasteiger partial charge in [0.1, 0.15) is 0 Å². The van der Waals surface area contributed by atoms with E-state index in [4.69, 9.17) is 4.99 Å². The lowest BCUT2D eigenvalue weighted by atomic mass is 10.1. The summed E-state index contributed by atoms with van der Waals surface area (Å²) in [6.45, 7) is 7.72. The fourth-order valence-corrected chi connectivity index (χ4v) is 3.45. The summed E-state index contributed by atoms with van der Waals surface area (Å²) in [4.78, 5) is 16.7. The number of aryl methyl sites for hydroxylation is 1. The fraction of sp³-hybridized carbons (Fsp3) is 0.375. The first-order chi connectivity index (χ1) is 15.2. The average molecular weight is 421 g/mol. The van der Waals surface area contributed by atoms with E-state index < -0.39 is 0 Å². The summed E-state index contributed by atoms with van der Waals surface area (Å²) < 4.78 is 3.75. The second-order valence-electron chi connectivity index (χ2n) is 7.46. The van der Waals surface area contributed by atoms with Crippen LogP contribution in [0.3, 0.4) is 0 Å². The largest absolute Gasteiger partial charge is 0.357 e. The molecule has 31 heavy (non-hydrogen) atoms. The number of nitrogens with zero attached hydrogens (tertiary/aromatic N) is 4. The third-order valence-electron chi connectivity index (χ3n) is 5.13. The van der Waals surface area contributed by atoms with Gasteiger partial charge in [0.15, 0.2) is 5.96 Å². The zero-order valence-electron chi connectivity index (χ0n) is 18.4. The van der Waals surface area contributed by atoms with Gasteiger partial charge in [0.2, 0.25) is 0 Å². The third-order valence-corrected chi connectivity index (χ3v) is 5.13. The summed E-state index contributed by atoms with van der Waals surface area (Å²) in [7, 11) is 0. The van der Waals surface area contributed by atoms with E-state index in [0.29, 0.717) is 6.54 Å². The van der Waals surface area contributed by atoms with Crippen LogP contribution in [0.1, 0.15) is 36.6 Å². The van der Waals surface area contributed by atoms with Gasteiger partial charge >= 0.3 is 0 Å². The monoisotopic (exact) mass is 420 g/mol. The summed E-state index contributed by atoms with van der Waals surface area (Å²) >= 11 is 0. The molecule has 0 radical (unpaired) electrons. The van der Waals surface area contributed by atoms with Crippen molar-refractivity contribution >= 4 is 5.96 Å². The Kier molecular flexibility index (Phi) is 8.46. The van der Waals surface area contributed by atoms with Gasteiger partial charge in [0.05, 0.1) is 13.1 Å². The molecule has 0 atom stereocenters. The molecule has 0 saturated heterocycles. The van der Waals surface area contributed by atoms with Crippen molar-refractivity contribution in [1.82, 2.24) is 25.0 Å². The number of hydrogen-bond donors (Lipinski definition) is 2. The summed E-state index contributed by atoms with van der Waals surface area (Å²) in [6.07, 6.45) is 5.66. The van der Waals surface area contributed by atoms with Gasteiger partial charge in [0.25, 0.3) is 5.56 Å². The molecule has 2 aromatic heterocycles. The number of rotatable bonds is 10.